The Bertz CT molecular complexity index is 1570. The van der Waals surface area contributed by atoms with Crippen LogP contribution in [0.5, 0.6) is 0 Å². The molecule has 2 fully saturated rings. The van der Waals surface area contributed by atoms with Crippen LogP contribution in [0.2, 0.25) is 18.1 Å². The molecule has 0 aromatic carbocycles. The van der Waals surface area contributed by atoms with Crippen LogP contribution in [0.25, 0.3) is 16.8 Å². The third-order valence-electron chi connectivity index (χ3n) is 10.5. The first-order valence-electron chi connectivity index (χ1n) is 17.3. The Balaban J connectivity index is 1.23. The second-order valence-electron chi connectivity index (χ2n) is 14.6. The molecule has 1 saturated heterocycles. The molecule has 10 heteroatoms. The van der Waals surface area contributed by atoms with Crippen LogP contribution >= 0.6 is 0 Å². The van der Waals surface area contributed by atoms with E-state index in [-0.39, 0.29) is 16.6 Å². The fourth-order valence-corrected chi connectivity index (χ4v) is 7.71. The number of fused-ring (bicyclic) bond motifs is 1. The first-order valence-corrected chi connectivity index (χ1v) is 20.2. The van der Waals surface area contributed by atoms with Gasteiger partial charge in [0.25, 0.3) is 5.56 Å². The summed E-state index contributed by atoms with van der Waals surface area (Å²) in [6, 6.07) is 4.20. The molecular formula is C36H54N6O3Si. The summed E-state index contributed by atoms with van der Waals surface area (Å²) in [4.78, 5) is 30.5. The lowest BCUT2D eigenvalue weighted by Gasteiger charge is -2.36. The number of aromatic nitrogens is 4. The molecule has 1 N–H and O–H groups in total. The number of nitrogens with one attached hydrogen (secondary N) is 1. The molecule has 5 rings (SSSR count). The van der Waals surface area contributed by atoms with Crippen molar-refractivity contribution in [1.29, 1.82) is 0 Å². The van der Waals surface area contributed by atoms with Crippen molar-refractivity contribution < 1.29 is 9.16 Å². The van der Waals surface area contributed by atoms with E-state index in [9.17, 15) is 4.79 Å². The maximum atomic E-state index is 13.8. The van der Waals surface area contributed by atoms with E-state index in [2.05, 4.69) is 61.7 Å². The lowest BCUT2D eigenvalue weighted by Crippen LogP contribution is -2.41. The maximum Gasteiger partial charge on any atom is 0.263 e. The molecule has 3 aromatic heterocycles. The first-order chi connectivity index (χ1) is 21.9. The van der Waals surface area contributed by atoms with Gasteiger partial charge in [0.05, 0.1) is 24.1 Å². The molecule has 0 radical (unpaired) electrons. The number of piperidine rings is 1. The second kappa shape index (κ2) is 14.3. The normalized spacial score (nSPS) is 16.7. The molecule has 3 aromatic rings. The predicted molar refractivity (Wildman–Crippen MR) is 192 cm³/mol. The van der Waals surface area contributed by atoms with Crippen LogP contribution in [0.1, 0.15) is 96.2 Å². The Morgan fingerprint density at radius 1 is 1.09 bits per heavy atom. The number of anilines is 3. The zero-order valence-electron chi connectivity index (χ0n) is 29.1. The van der Waals surface area contributed by atoms with Crippen molar-refractivity contribution in [3.63, 3.8) is 0 Å². The van der Waals surface area contributed by atoms with Crippen LogP contribution in [0.4, 0.5) is 17.5 Å². The van der Waals surface area contributed by atoms with E-state index in [0.717, 1.165) is 74.4 Å². The molecule has 0 amide bonds. The zero-order valence-corrected chi connectivity index (χ0v) is 30.1. The highest BCUT2D eigenvalue weighted by atomic mass is 28.4. The third kappa shape index (κ3) is 7.49. The summed E-state index contributed by atoms with van der Waals surface area (Å²) in [5, 5.41) is 4.38. The average molecular weight is 647 g/mol. The van der Waals surface area contributed by atoms with Crippen molar-refractivity contribution in [2.24, 2.45) is 5.92 Å². The minimum absolute atomic E-state index is 0.0919. The van der Waals surface area contributed by atoms with Crippen molar-refractivity contribution in [2.45, 2.75) is 110 Å². The summed E-state index contributed by atoms with van der Waals surface area (Å²) in [5.74, 6) is 2.26. The van der Waals surface area contributed by atoms with Gasteiger partial charge in [-0.25, -0.2) is 9.97 Å². The van der Waals surface area contributed by atoms with Crippen LogP contribution < -0.4 is 15.8 Å². The third-order valence-corrected chi connectivity index (χ3v) is 15.0. The molecule has 0 unspecified atom stereocenters. The maximum absolute atomic E-state index is 13.8. The van der Waals surface area contributed by atoms with Crippen molar-refractivity contribution >= 4 is 42.6 Å². The Labute approximate surface area is 276 Å². The Hall–Kier alpha value is -3.24. The molecule has 2 aliphatic rings. The van der Waals surface area contributed by atoms with Gasteiger partial charge >= 0.3 is 0 Å². The number of rotatable bonds is 12. The zero-order chi connectivity index (χ0) is 33.1. The van der Waals surface area contributed by atoms with Crippen LogP contribution in [0, 0.1) is 12.8 Å². The number of nitrogens with zero attached hydrogens (tertiary/aromatic N) is 5. The lowest BCUT2D eigenvalue weighted by atomic mass is 9.92. The molecule has 0 spiro atoms. The highest BCUT2D eigenvalue weighted by Gasteiger charge is 2.37. The van der Waals surface area contributed by atoms with Gasteiger partial charge in [0.1, 0.15) is 17.2 Å². The second-order valence-corrected chi connectivity index (χ2v) is 19.4. The summed E-state index contributed by atoms with van der Waals surface area (Å²) in [6.07, 6.45) is 12.6. The highest BCUT2D eigenvalue weighted by molar-refractivity contribution is 6.74. The van der Waals surface area contributed by atoms with E-state index in [0.29, 0.717) is 35.3 Å². The summed E-state index contributed by atoms with van der Waals surface area (Å²) >= 11 is 0. The summed E-state index contributed by atoms with van der Waals surface area (Å²) in [6.45, 7) is 22.9. The van der Waals surface area contributed by atoms with Gasteiger partial charge in [-0.15, -0.1) is 0 Å². The molecule has 9 nitrogen and oxygen atoms in total. The van der Waals surface area contributed by atoms with Gasteiger partial charge in [0.2, 0.25) is 5.95 Å². The molecular weight excluding hydrogens is 593 g/mol. The summed E-state index contributed by atoms with van der Waals surface area (Å²) < 4.78 is 13.9. The number of pyridine rings is 2. The van der Waals surface area contributed by atoms with E-state index in [1.165, 1.54) is 19.3 Å². The van der Waals surface area contributed by atoms with Gasteiger partial charge in [0, 0.05) is 37.3 Å². The predicted octanol–water partition coefficient (Wildman–Crippen LogP) is 8.38. The summed E-state index contributed by atoms with van der Waals surface area (Å²) in [5.41, 5.74) is 3.00. The van der Waals surface area contributed by atoms with Crippen molar-refractivity contribution in [1.82, 2.24) is 19.5 Å². The quantitative estimate of drug-likeness (QED) is 0.119. The smallest absolute Gasteiger partial charge is 0.263 e. The molecule has 0 atom stereocenters. The van der Waals surface area contributed by atoms with Gasteiger partial charge in [-0.2, -0.15) is 4.98 Å². The van der Waals surface area contributed by atoms with E-state index in [4.69, 9.17) is 19.1 Å². The van der Waals surface area contributed by atoms with Crippen molar-refractivity contribution in [2.75, 3.05) is 36.5 Å². The van der Waals surface area contributed by atoms with Gasteiger partial charge < -0.3 is 19.4 Å². The van der Waals surface area contributed by atoms with E-state index in [1.807, 2.05) is 30.7 Å². The monoisotopic (exact) mass is 646 g/mol. The minimum Gasteiger partial charge on any atom is -0.494 e. The van der Waals surface area contributed by atoms with Crippen LogP contribution in [0.3, 0.4) is 0 Å². The van der Waals surface area contributed by atoms with Crippen molar-refractivity contribution in [3.05, 3.63) is 52.6 Å². The average Bonchev–Trinajstić information content (AvgIpc) is 3.54. The van der Waals surface area contributed by atoms with Gasteiger partial charge in [-0.1, -0.05) is 40.2 Å². The Kier molecular flexibility index (Phi) is 10.6. The molecule has 46 heavy (non-hydrogen) atoms. The largest absolute Gasteiger partial charge is 0.494 e. The minimum atomic E-state index is -1.66. The SMILES string of the molecule is C=C(OCC)c1c(C)c2cnc(Nc3ccc(N4CCC(CCCO[Si](C)(C)C(C)(C)C)CC4)cn3)nc2n(C2CCCC2)c1=O. The van der Waals surface area contributed by atoms with Gasteiger partial charge in [-0.3, -0.25) is 9.36 Å². The number of hydrogen-bond acceptors (Lipinski definition) is 8. The lowest BCUT2D eigenvalue weighted by molar-refractivity contribution is 0.259. The number of hydrogen-bond donors (Lipinski definition) is 1. The van der Waals surface area contributed by atoms with Crippen LogP contribution in [-0.2, 0) is 9.16 Å². The molecule has 1 saturated carbocycles. The fraction of sp³-hybridized carbons (Fsp3) is 0.611. The number of ether oxygens (including phenoxy) is 1. The standard InChI is InChI=1S/C36H54N6O3Si/c1-9-44-26(3)32-25(2)30-24-38-35(40-33(30)42(34(32)43)28-14-10-11-15-28)39-31-17-16-29(23-37-31)41-20-18-27(19-21-41)13-12-22-45-46(7,8)36(4,5)6/h16-17,23-24,27-28H,3,9-15,18-22H2,1-2,4-8H3,(H,37,38,39,40). The van der Waals surface area contributed by atoms with E-state index < -0.39 is 8.32 Å². The Morgan fingerprint density at radius 3 is 2.43 bits per heavy atom. The van der Waals surface area contributed by atoms with Crippen molar-refractivity contribution in [3.8, 4) is 0 Å². The molecule has 1 aliphatic carbocycles. The summed E-state index contributed by atoms with van der Waals surface area (Å²) in [7, 11) is -1.66. The van der Waals surface area contributed by atoms with E-state index >= 15 is 0 Å². The molecule has 1 aliphatic heterocycles. The van der Waals surface area contributed by atoms with Crippen LogP contribution in [-0.4, -0.2) is 54.1 Å². The van der Waals surface area contributed by atoms with E-state index in [1.54, 1.807) is 6.20 Å². The highest BCUT2D eigenvalue weighted by Crippen LogP contribution is 2.37. The molecule has 0 bridgehead atoms. The number of aryl methyl sites for hydroxylation is 1. The molecule has 4 heterocycles. The Morgan fingerprint density at radius 2 is 1.80 bits per heavy atom. The van der Waals surface area contributed by atoms with Crippen LogP contribution in [0.15, 0.2) is 35.9 Å². The van der Waals surface area contributed by atoms with Gasteiger partial charge in [0.15, 0.2) is 8.32 Å². The topological polar surface area (TPSA) is 94.4 Å². The van der Waals surface area contributed by atoms with Gasteiger partial charge in [-0.05, 0) is 94.1 Å². The first kappa shape index (κ1) is 34.1. The fourth-order valence-electron chi connectivity index (χ4n) is 6.63. The molecule has 250 valence electrons.